The third kappa shape index (κ3) is 4.83. The van der Waals surface area contributed by atoms with Crippen LogP contribution in [-0.4, -0.2) is 25.2 Å². The number of carbonyl (C=O) groups excluding carboxylic acids is 1. The maximum atomic E-state index is 12.5. The summed E-state index contributed by atoms with van der Waals surface area (Å²) in [6, 6.07) is 15.7. The highest BCUT2D eigenvalue weighted by Gasteiger charge is 2.41. The lowest BCUT2D eigenvalue weighted by Crippen LogP contribution is -2.26. The fraction of sp³-hybridized carbons (Fsp3) is 0.440. The molecule has 1 heterocycles. The maximum Gasteiger partial charge on any atom is 0.227 e. The van der Waals surface area contributed by atoms with E-state index < -0.39 is 0 Å². The van der Waals surface area contributed by atoms with Crippen LogP contribution in [0.3, 0.4) is 0 Å². The van der Waals surface area contributed by atoms with Crippen molar-refractivity contribution in [2.45, 2.75) is 45.1 Å². The molecular weight excluding hydrogens is 376 g/mol. The van der Waals surface area contributed by atoms with Crippen LogP contribution in [0.15, 0.2) is 42.5 Å². The van der Waals surface area contributed by atoms with Crippen LogP contribution < -0.4 is 10.1 Å². The summed E-state index contributed by atoms with van der Waals surface area (Å²) in [5.74, 6) is 1.43. The van der Waals surface area contributed by atoms with Crippen LogP contribution >= 0.6 is 0 Å². The Morgan fingerprint density at radius 3 is 2.77 bits per heavy atom. The molecule has 2 atom stereocenters. The summed E-state index contributed by atoms with van der Waals surface area (Å²) >= 11 is 0. The van der Waals surface area contributed by atoms with E-state index in [1.807, 2.05) is 42.5 Å². The van der Waals surface area contributed by atoms with Crippen LogP contribution in [0.2, 0.25) is 0 Å². The minimum atomic E-state index is 0.0919. The lowest BCUT2D eigenvalue weighted by molar-refractivity contribution is -0.117. The van der Waals surface area contributed by atoms with Gasteiger partial charge in [-0.15, -0.1) is 0 Å². The number of amides is 1. The molecule has 0 radical (unpaired) electrons. The number of hydrogen-bond acceptors (Lipinski definition) is 4. The number of carbonyl (C=O) groups is 1. The average Bonchev–Trinajstić information content (AvgIpc) is 3.55. The molecule has 156 valence electrons. The molecule has 5 nitrogen and oxygen atoms in total. The van der Waals surface area contributed by atoms with Gasteiger partial charge >= 0.3 is 0 Å². The van der Waals surface area contributed by atoms with E-state index in [9.17, 15) is 10.1 Å². The van der Waals surface area contributed by atoms with Crippen molar-refractivity contribution in [2.24, 2.45) is 11.8 Å². The summed E-state index contributed by atoms with van der Waals surface area (Å²) < 4.78 is 11.4. The summed E-state index contributed by atoms with van der Waals surface area (Å²) in [5.41, 5.74) is 3.20. The van der Waals surface area contributed by atoms with E-state index in [0.717, 1.165) is 48.9 Å². The van der Waals surface area contributed by atoms with E-state index in [-0.39, 0.29) is 17.9 Å². The molecule has 4 rings (SSSR count). The van der Waals surface area contributed by atoms with E-state index in [1.54, 1.807) is 0 Å². The maximum absolute atomic E-state index is 12.5. The van der Waals surface area contributed by atoms with Crippen molar-refractivity contribution in [3.63, 3.8) is 0 Å². The molecule has 2 aliphatic rings. The van der Waals surface area contributed by atoms with Crippen LogP contribution in [0.25, 0.3) is 11.1 Å². The highest BCUT2D eigenvalue weighted by molar-refractivity contribution is 5.95. The van der Waals surface area contributed by atoms with Gasteiger partial charge in [0.15, 0.2) is 0 Å². The summed E-state index contributed by atoms with van der Waals surface area (Å²) in [4.78, 5) is 12.5. The minimum absolute atomic E-state index is 0.0919. The van der Waals surface area contributed by atoms with Gasteiger partial charge in [0.1, 0.15) is 17.9 Å². The summed E-state index contributed by atoms with van der Waals surface area (Å²) in [6.07, 6.45) is 5.02. The number of hydrogen-bond donors (Lipinski definition) is 1. The van der Waals surface area contributed by atoms with Crippen molar-refractivity contribution >= 4 is 11.6 Å². The van der Waals surface area contributed by atoms with Gasteiger partial charge in [0.2, 0.25) is 5.91 Å². The summed E-state index contributed by atoms with van der Waals surface area (Å²) in [6.45, 7) is 3.55. The van der Waals surface area contributed by atoms with E-state index in [2.05, 4.69) is 18.3 Å². The molecule has 0 aromatic heterocycles. The molecule has 1 amide bonds. The van der Waals surface area contributed by atoms with Crippen molar-refractivity contribution in [1.29, 1.82) is 5.26 Å². The fourth-order valence-corrected chi connectivity index (χ4v) is 4.14. The monoisotopic (exact) mass is 404 g/mol. The van der Waals surface area contributed by atoms with Crippen LogP contribution in [-0.2, 0) is 9.53 Å². The van der Waals surface area contributed by atoms with Crippen molar-refractivity contribution in [1.82, 2.24) is 0 Å². The zero-order chi connectivity index (χ0) is 20.9. The molecule has 5 heteroatoms. The van der Waals surface area contributed by atoms with Gasteiger partial charge < -0.3 is 14.8 Å². The van der Waals surface area contributed by atoms with Gasteiger partial charge in [-0.25, -0.2) is 0 Å². The Morgan fingerprint density at radius 1 is 1.20 bits per heavy atom. The van der Waals surface area contributed by atoms with Crippen LogP contribution in [0.1, 0.15) is 44.6 Å². The summed E-state index contributed by atoms with van der Waals surface area (Å²) in [7, 11) is 0. The zero-order valence-electron chi connectivity index (χ0n) is 17.4. The lowest BCUT2D eigenvalue weighted by Gasteiger charge is -2.23. The smallest absolute Gasteiger partial charge is 0.227 e. The summed E-state index contributed by atoms with van der Waals surface area (Å²) in [5, 5.41) is 12.7. The second-order valence-corrected chi connectivity index (χ2v) is 8.21. The highest BCUT2D eigenvalue weighted by Crippen LogP contribution is 2.42. The molecule has 2 aromatic carbocycles. The quantitative estimate of drug-likeness (QED) is 0.692. The van der Waals surface area contributed by atoms with Gasteiger partial charge in [0.25, 0.3) is 0 Å². The number of nitriles is 1. The second kappa shape index (κ2) is 9.32. The van der Waals surface area contributed by atoms with Gasteiger partial charge in [0.05, 0.1) is 18.8 Å². The van der Waals surface area contributed by atoms with Crippen LogP contribution in [0.5, 0.6) is 5.75 Å². The number of rotatable bonds is 7. The van der Waals surface area contributed by atoms with Crippen LogP contribution in [0.4, 0.5) is 5.69 Å². The molecule has 2 aromatic rings. The average molecular weight is 405 g/mol. The third-order valence-corrected chi connectivity index (χ3v) is 5.94. The second-order valence-electron chi connectivity index (χ2n) is 8.21. The SMILES string of the molecule is CCC[C@H]1C[C@@H]1C(=O)Nc1cccc(-c2ccc(OC3CCOCC3)c(C#N)c2)c1. The predicted octanol–water partition coefficient (Wildman–Crippen LogP) is 5.16. The number of ether oxygens (including phenoxy) is 2. The van der Waals surface area contributed by atoms with E-state index in [4.69, 9.17) is 9.47 Å². The van der Waals surface area contributed by atoms with E-state index in [0.29, 0.717) is 30.4 Å². The number of benzene rings is 2. The molecular formula is C25H28N2O3. The molecule has 0 bridgehead atoms. The first-order valence-electron chi connectivity index (χ1n) is 10.9. The highest BCUT2D eigenvalue weighted by atomic mass is 16.5. The molecule has 30 heavy (non-hydrogen) atoms. The fourth-order valence-electron chi connectivity index (χ4n) is 4.14. The molecule has 1 aliphatic carbocycles. The Kier molecular flexibility index (Phi) is 6.35. The molecule has 0 unspecified atom stereocenters. The van der Waals surface area contributed by atoms with E-state index in [1.165, 1.54) is 0 Å². The number of nitrogens with one attached hydrogen (secondary N) is 1. The standard InChI is InChI=1S/C25H28N2O3/c1-2-4-19-15-23(19)25(28)27-21-6-3-5-17(14-21)18-7-8-24(20(13-18)16-26)30-22-9-11-29-12-10-22/h3,5-8,13-14,19,22-23H,2,4,9-12,15H2,1H3,(H,27,28)/t19-,23-/m0/s1. The van der Waals surface area contributed by atoms with Crippen LogP contribution in [0, 0.1) is 23.2 Å². The molecule has 2 fully saturated rings. The first-order valence-corrected chi connectivity index (χ1v) is 10.9. The van der Waals surface area contributed by atoms with Crippen molar-refractivity contribution in [3.05, 3.63) is 48.0 Å². The van der Waals surface area contributed by atoms with Gasteiger partial charge in [-0.3, -0.25) is 4.79 Å². The molecule has 1 aliphatic heterocycles. The molecule has 1 saturated carbocycles. The molecule has 1 saturated heterocycles. The third-order valence-electron chi connectivity index (χ3n) is 5.94. The minimum Gasteiger partial charge on any atom is -0.489 e. The van der Waals surface area contributed by atoms with Gasteiger partial charge in [-0.2, -0.15) is 5.26 Å². The lowest BCUT2D eigenvalue weighted by atomic mass is 10.0. The topological polar surface area (TPSA) is 71.3 Å². The number of anilines is 1. The Bertz CT molecular complexity index is 944. The largest absolute Gasteiger partial charge is 0.489 e. The van der Waals surface area contributed by atoms with Gasteiger partial charge in [-0.05, 0) is 54.2 Å². The van der Waals surface area contributed by atoms with Gasteiger partial charge in [0, 0.05) is 24.4 Å². The Hall–Kier alpha value is -2.84. The Labute approximate surface area is 178 Å². The first kappa shape index (κ1) is 20.4. The van der Waals surface area contributed by atoms with Gasteiger partial charge in [-0.1, -0.05) is 31.5 Å². The normalized spacial score (nSPS) is 20.9. The predicted molar refractivity (Wildman–Crippen MR) is 116 cm³/mol. The van der Waals surface area contributed by atoms with Crippen molar-refractivity contribution < 1.29 is 14.3 Å². The Balaban J connectivity index is 1.46. The van der Waals surface area contributed by atoms with E-state index >= 15 is 0 Å². The number of nitrogens with zero attached hydrogens (tertiary/aromatic N) is 1. The zero-order valence-corrected chi connectivity index (χ0v) is 17.4. The molecule has 1 N–H and O–H groups in total. The first-order chi connectivity index (χ1) is 14.7. The Morgan fingerprint density at radius 2 is 2.00 bits per heavy atom. The molecule has 0 spiro atoms. The van der Waals surface area contributed by atoms with Crippen molar-refractivity contribution in [2.75, 3.05) is 18.5 Å². The van der Waals surface area contributed by atoms with Crippen molar-refractivity contribution in [3.8, 4) is 22.9 Å².